The van der Waals surface area contributed by atoms with Crippen LogP contribution in [-0.2, 0) is 10.2 Å². The quantitative estimate of drug-likeness (QED) is 0.790. The molecule has 0 unspecified atom stereocenters. The highest BCUT2D eigenvalue weighted by molar-refractivity contribution is 6.30. The molecular formula is C21H26ClN3O. The molecule has 4 nitrogen and oxygen atoms in total. The van der Waals surface area contributed by atoms with Crippen LogP contribution in [0.15, 0.2) is 36.7 Å². The largest absolute Gasteiger partial charge is 0.342 e. The molecule has 0 spiro atoms. The van der Waals surface area contributed by atoms with Crippen LogP contribution in [0.5, 0.6) is 0 Å². The second-order valence-corrected chi connectivity index (χ2v) is 8.38. The predicted octanol–water partition coefficient (Wildman–Crippen LogP) is 4.56. The Morgan fingerprint density at radius 2 is 1.85 bits per heavy atom. The Morgan fingerprint density at radius 3 is 2.42 bits per heavy atom. The first-order valence-corrected chi connectivity index (χ1v) is 9.97. The molecule has 1 aliphatic carbocycles. The molecule has 1 amide bonds. The molecule has 1 aliphatic heterocycles. The van der Waals surface area contributed by atoms with Crippen molar-refractivity contribution in [3.63, 3.8) is 0 Å². The van der Waals surface area contributed by atoms with Gasteiger partial charge in [-0.15, -0.1) is 0 Å². The molecule has 4 rings (SSSR count). The van der Waals surface area contributed by atoms with Crippen molar-refractivity contribution < 1.29 is 4.79 Å². The first-order chi connectivity index (χ1) is 12.5. The topological polar surface area (TPSA) is 38.1 Å². The SMILES string of the molecule is CC(C)n1ccnc1C1CCN(C(=O)C2(c3ccc(Cl)cc3)CC2)CC1. The van der Waals surface area contributed by atoms with Gasteiger partial charge in [0.05, 0.1) is 5.41 Å². The van der Waals surface area contributed by atoms with Gasteiger partial charge in [0.2, 0.25) is 5.91 Å². The summed E-state index contributed by atoms with van der Waals surface area (Å²) < 4.78 is 2.26. The fraction of sp³-hybridized carbons (Fsp3) is 0.524. The van der Waals surface area contributed by atoms with Crippen LogP contribution in [-0.4, -0.2) is 33.4 Å². The Bertz CT molecular complexity index is 784. The average molecular weight is 372 g/mol. The Balaban J connectivity index is 1.44. The van der Waals surface area contributed by atoms with Crippen LogP contribution >= 0.6 is 11.6 Å². The van der Waals surface area contributed by atoms with E-state index in [0.717, 1.165) is 49.4 Å². The molecule has 1 aromatic carbocycles. The van der Waals surface area contributed by atoms with E-state index in [2.05, 4.69) is 34.5 Å². The molecule has 1 saturated heterocycles. The van der Waals surface area contributed by atoms with E-state index in [-0.39, 0.29) is 5.41 Å². The summed E-state index contributed by atoms with van der Waals surface area (Å²) in [6, 6.07) is 8.23. The number of nitrogens with zero attached hydrogens (tertiary/aromatic N) is 3. The van der Waals surface area contributed by atoms with Gasteiger partial charge in [-0.05, 0) is 57.2 Å². The molecule has 2 aromatic rings. The summed E-state index contributed by atoms with van der Waals surface area (Å²) in [6.07, 6.45) is 7.85. The van der Waals surface area contributed by atoms with Crippen LogP contribution in [0.4, 0.5) is 0 Å². The lowest BCUT2D eigenvalue weighted by Crippen LogP contribution is -2.44. The number of piperidine rings is 1. The zero-order chi connectivity index (χ0) is 18.3. The summed E-state index contributed by atoms with van der Waals surface area (Å²) in [6.45, 7) is 6.02. The van der Waals surface area contributed by atoms with Crippen molar-refractivity contribution in [2.45, 2.75) is 56.9 Å². The number of hydrogen-bond donors (Lipinski definition) is 0. The van der Waals surface area contributed by atoms with E-state index < -0.39 is 0 Å². The number of benzene rings is 1. The Kier molecular flexibility index (Phi) is 4.55. The zero-order valence-electron chi connectivity index (χ0n) is 15.5. The fourth-order valence-corrected chi connectivity index (χ4v) is 4.37. The standard InChI is InChI=1S/C21H26ClN3O/c1-15(2)25-14-11-23-19(25)16-7-12-24(13-8-16)20(26)21(9-10-21)17-3-5-18(22)6-4-17/h3-6,11,14-16H,7-10,12-13H2,1-2H3. The van der Waals surface area contributed by atoms with Crippen molar-refractivity contribution in [1.82, 2.24) is 14.5 Å². The van der Waals surface area contributed by atoms with E-state index in [4.69, 9.17) is 11.6 Å². The third-order valence-corrected chi connectivity index (χ3v) is 6.21. The molecule has 2 heterocycles. The maximum atomic E-state index is 13.2. The van der Waals surface area contributed by atoms with Gasteiger partial charge in [-0.2, -0.15) is 0 Å². The minimum Gasteiger partial charge on any atom is -0.342 e. The molecule has 138 valence electrons. The third-order valence-electron chi connectivity index (χ3n) is 5.96. The fourth-order valence-electron chi connectivity index (χ4n) is 4.24. The second kappa shape index (κ2) is 6.73. The third kappa shape index (κ3) is 3.05. The molecule has 0 N–H and O–H groups in total. The highest BCUT2D eigenvalue weighted by Crippen LogP contribution is 2.50. The van der Waals surface area contributed by atoms with E-state index in [9.17, 15) is 4.79 Å². The molecule has 0 radical (unpaired) electrons. The van der Waals surface area contributed by atoms with E-state index in [1.54, 1.807) is 0 Å². The van der Waals surface area contributed by atoms with Crippen LogP contribution in [0.2, 0.25) is 5.02 Å². The minimum absolute atomic E-state index is 0.297. The van der Waals surface area contributed by atoms with Crippen molar-refractivity contribution in [1.29, 1.82) is 0 Å². The maximum absolute atomic E-state index is 13.2. The first kappa shape index (κ1) is 17.6. The summed E-state index contributed by atoms with van der Waals surface area (Å²) in [5.41, 5.74) is 0.817. The van der Waals surface area contributed by atoms with Crippen molar-refractivity contribution in [3.05, 3.63) is 53.1 Å². The maximum Gasteiger partial charge on any atom is 0.233 e. The number of halogens is 1. The molecular weight excluding hydrogens is 346 g/mol. The van der Waals surface area contributed by atoms with E-state index in [1.165, 1.54) is 5.82 Å². The molecule has 1 saturated carbocycles. The molecule has 1 aromatic heterocycles. The number of aromatic nitrogens is 2. The van der Waals surface area contributed by atoms with Gasteiger partial charge in [-0.3, -0.25) is 4.79 Å². The van der Waals surface area contributed by atoms with Gasteiger partial charge in [0, 0.05) is 42.5 Å². The molecule has 0 bridgehead atoms. The average Bonchev–Trinajstić information content (AvgIpc) is 3.30. The van der Waals surface area contributed by atoms with Gasteiger partial charge in [-0.25, -0.2) is 4.98 Å². The van der Waals surface area contributed by atoms with E-state index in [1.807, 2.05) is 30.5 Å². The highest BCUT2D eigenvalue weighted by Gasteiger charge is 2.53. The summed E-state index contributed by atoms with van der Waals surface area (Å²) in [7, 11) is 0. The Hall–Kier alpha value is -1.81. The van der Waals surface area contributed by atoms with Gasteiger partial charge in [0.1, 0.15) is 5.82 Å². The van der Waals surface area contributed by atoms with Gasteiger partial charge >= 0.3 is 0 Å². The van der Waals surface area contributed by atoms with Gasteiger partial charge in [0.25, 0.3) is 0 Å². The van der Waals surface area contributed by atoms with Gasteiger partial charge < -0.3 is 9.47 Å². The van der Waals surface area contributed by atoms with E-state index in [0.29, 0.717) is 17.9 Å². The van der Waals surface area contributed by atoms with Crippen LogP contribution in [0.25, 0.3) is 0 Å². The smallest absolute Gasteiger partial charge is 0.233 e. The monoisotopic (exact) mass is 371 g/mol. The van der Waals surface area contributed by atoms with Crippen molar-refractivity contribution in [2.75, 3.05) is 13.1 Å². The van der Waals surface area contributed by atoms with Crippen LogP contribution in [0, 0.1) is 0 Å². The Labute approximate surface area is 160 Å². The van der Waals surface area contributed by atoms with Crippen LogP contribution < -0.4 is 0 Å². The van der Waals surface area contributed by atoms with Crippen molar-refractivity contribution >= 4 is 17.5 Å². The second-order valence-electron chi connectivity index (χ2n) is 7.94. The van der Waals surface area contributed by atoms with Crippen LogP contribution in [0.3, 0.4) is 0 Å². The normalized spacial score (nSPS) is 19.8. The zero-order valence-corrected chi connectivity index (χ0v) is 16.2. The number of likely N-dealkylation sites (tertiary alicyclic amines) is 1. The lowest BCUT2D eigenvalue weighted by Gasteiger charge is -2.34. The van der Waals surface area contributed by atoms with Crippen LogP contribution in [0.1, 0.15) is 62.9 Å². The minimum atomic E-state index is -0.298. The number of amides is 1. The number of hydrogen-bond acceptors (Lipinski definition) is 2. The van der Waals surface area contributed by atoms with Crippen molar-refractivity contribution in [3.8, 4) is 0 Å². The molecule has 26 heavy (non-hydrogen) atoms. The number of rotatable bonds is 4. The lowest BCUT2D eigenvalue weighted by atomic mass is 9.91. The number of carbonyl (C=O) groups is 1. The molecule has 0 atom stereocenters. The predicted molar refractivity (Wildman–Crippen MR) is 104 cm³/mol. The first-order valence-electron chi connectivity index (χ1n) is 9.59. The number of carbonyl (C=O) groups excluding carboxylic acids is 1. The highest BCUT2D eigenvalue weighted by atomic mass is 35.5. The molecule has 2 fully saturated rings. The lowest BCUT2D eigenvalue weighted by molar-refractivity contribution is -0.135. The molecule has 5 heteroatoms. The number of imidazole rings is 1. The van der Waals surface area contributed by atoms with Gasteiger partial charge in [-0.1, -0.05) is 23.7 Å². The van der Waals surface area contributed by atoms with Gasteiger partial charge in [0.15, 0.2) is 0 Å². The summed E-state index contributed by atoms with van der Waals surface area (Å²) in [5.74, 6) is 1.92. The summed E-state index contributed by atoms with van der Waals surface area (Å²) in [5, 5.41) is 0.721. The Morgan fingerprint density at radius 1 is 1.19 bits per heavy atom. The van der Waals surface area contributed by atoms with E-state index >= 15 is 0 Å². The summed E-state index contributed by atoms with van der Waals surface area (Å²) in [4.78, 5) is 19.9. The summed E-state index contributed by atoms with van der Waals surface area (Å²) >= 11 is 6.01. The van der Waals surface area contributed by atoms with Crippen molar-refractivity contribution in [2.24, 2.45) is 0 Å². The molecule has 2 aliphatic rings.